The van der Waals surface area contributed by atoms with Gasteiger partial charge in [-0.15, -0.1) is 10.2 Å². The van der Waals surface area contributed by atoms with Crippen LogP contribution in [0.15, 0.2) is 46.0 Å². The second kappa shape index (κ2) is 7.14. The number of hydrogen-bond donors (Lipinski definition) is 0. The Balaban J connectivity index is 1.71. The molecule has 0 amide bonds. The van der Waals surface area contributed by atoms with E-state index < -0.39 is 17.4 Å². The lowest BCUT2D eigenvalue weighted by Gasteiger charge is -2.01. The van der Waals surface area contributed by atoms with Crippen LogP contribution >= 0.6 is 11.8 Å². The van der Waals surface area contributed by atoms with E-state index in [4.69, 9.17) is 4.42 Å². The fourth-order valence-corrected chi connectivity index (χ4v) is 3.05. The summed E-state index contributed by atoms with van der Waals surface area (Å²) in [6.45, 7) is 3.93. The maximum Gasteiger partial charge on any atom is 0.277 e. The molecule has 1 aromatic heterocycles. The van der Waals surface area contributed by atoms with E-state index in [-0.39, 0.29) is 16.5 Å². The predicted octanol–water partition coefficient (Wildman–Crippen LogP) is 4.61. The standard InChI is InChI=1S/C18H14F2N2O2S/c1-10-5-11(2)7-12(6-10)17-21-22-18(24-17)25-9-16(23)14-8-13(19)3-4-15(14)20/h3-8H,9H2,1-2H3. The van der Waals surface area contributed by atoms with Gasteiger partial charge in [0.25, 0.3) is 5.22 Å². The highest BCUT2D eigenvalue weighted by atomic mass is 32.2. The van der Waals surface area contributed by atoms with Crippen molar-refractivity contribution in [1.29, 1.82) is 0 Å². The Hall–Kier alpha value is -2.54. The molecule has 0 bridgehead atoms. The van der Waals surface area contributed by atoms with Crippen molar-refractivity contribution in [2.75, 3.05) is 5.75 Å². The number of aromatic nitrogens is 2. The zero-order valence-corrected chi connectivity index (χ0v) is 14.4. The molecule has 7 heteroatoms. The highest BCUT2D eigenvalue weighted by Gasteiger charge is 2.16. The number of hydrogen-bond acceptors (Lipinski definition) is 5. The predicted molar refractivity (Wildman–Crippen MR) is 90.6 cm³/mol. The maximum atomic E-state index is 13.6. The van der Waals surface area contributed by atoms with Gasteiger partial charge in [0.05, 0.1) is 11.3 Å². The Bertz CT molecular complexity index is 920. The first-order valence-corrected chi connectivity index (χ1v) is 8.44. The van der Waals surface area contributed by atoms with Crippen molar-refractivity contribution in [2.24, 2.45) is 0 Å². The molecule has 0 aliphatic heterocycles. The van der Waals surface area contributed by atoms with E-state index in [1.807, 2.05) is 32.0 Å². The molecule has 0 aliphatic rings. The van der Waals surface area contributed by atoms with Gasteiger partial charge in [-0.25, -0.2) is 8.78 Å². The molecular weight excluding hydrogens is 346 g/mol. The number of ketones is 1. The Morgan fingerprint density at radius 2 is 1.80 bits per heavy atom. The van der Waals surface area contributed by atoms with Crippen molar-refractivity contribution in [3.05, 3.63) is 64.7 Å². The minimum absolute atomic E-state index is 0.130. The molecule has 0 aliphatic carbocycles. The van der Waals surface area contributed by atoms with E-state index in [0.717, 1.165) is 46.7 Å². The molecule has 3 rings (SSSR count). The van der Waals surface area contributed by atoms with E-state index in [9.17, 15) is 13.6 Å². The van der Waals surface area contributed by atoms with E-state index in [0.29, 0.717) is 5.89 Å². The summed E-state index contributed by atoms with van der Waals surface area (Å²) in [5.74, 6) is -1.75. The Labute approximate surface area is 147 Å². The van der Waals surface area contributed by atoms with Crippen molar-refractivity contribution in [1.82, 2.24) is 10.2 Å². The summed E-state index contributed by atoms with van der Waals surface area (Å²) in [6.07, 6.45) is 0. The van der Waals surface area contributed by atoms with Gasteiger partial charge in [-0.3, -0.25) is 4.79 Å². The van der Waals surface area contributed by atoms with Crippen LogP contribution in [0.2, 0.25) is 0 Å². The number of aryl methyl sites for hydroxylation is 2. The van der Waals surface area contributed by atoms with Crippen molar-refractivity contribution in [3.8, 4) is 11.5 Å². The summed E-state index contributed by atoms with van der Waals surface area (Å²) < 4.78 is 32.3. The first kappa shape index (κ1) is 17.3. The molecule has 1 heterocycles. The second-order valence-corrected chi connectivity index (χ2v) is 6.51. The van der Waals surface area contributed by atoms with Crippen LogP contribution in [0.1, 0.15) is 21.5 Å². The fourth-order valence-electron chi connectivity index (χ4n) is 2.40. The molecule has 3 aromatic rings. The Kier molecular flexibility index (Phi) is 4.94. The van der Waals surface area contributed by atoms with Crippen LogP contribution in [0, 0.1) is 25.5 Å². The first-order valence-electron chi connectivity index (χ1n) is 7.45. The number of benzene rings is 2. The molecule has 0 saturated heterocycles. The largest absolute Gasteiger partial charge is 0.411 e. The molecule has 0 atom stereocenters. The smallest absolute Gasteiger partial charge is 0.277 e. The molecule has 0 fully saturated rings. The average molecular weight is 360 g/mol. The van der Waals surface area contributed by atoms with Crippen LogP contribution in [0.25, 0.3) is 11.5 Å². The van der Waals surface area contributed by atoms with Crippen LogP contribution in [0.3, 0.4) is 0 Å². The van der Waals surface area contributed by atoms with Gasteiger partial charge in [0, 0.05) is 5.56 Å². The van der Waals surface area contributed by atoms with Gasteiger partial charge in [-0.1, -0.05) is 29.0 Å². The Morgan fingerprint density at radius 3 is 2.52 bits per heavy atom. The number of Topliss-reactive ketones (excluding diaryl/α,β-unsaturated/α-hetero) is 1. The number of rotatable bonds is 5. The third kappa shape index (κ3) is 4.11. The highest BCUT2D eigenvalue weighted by molar-refractivity contribution is 7.99. The summed E-state index contributed by atoms with van der Waals surface area (Å²) in [5, 5.41) is 8.05. The topological polar surface area (TPSA) is 56.0 Å². The summed E-state index contributed by atoms with van der Waals surface area (Å²) in [7, 11) is 0. The minimum atomic E-state index is -0.756. The van der Waals surface area contributed by atoms with Gasteiger partial charge in [0.2, 0.25) is 5.89 Å². The lowest BCUT2D eigenvalue weighted by Crippen LogP contribution is -2.06. The maximum absolute atomic E-state index is 13.6. The van der Waals surface area contributed by atoms with E-state index in [2.05, 4.69) is 10.2 Å². The van der Waals surface area contributed by atoms with Crippen LogP contribution in [0.4, 0.5) is 8.78 Å². The van der Waals surface area contributed by atoms with E-state index >= 15 is 0 Å². The van der Waals surface area contributed by atoms with Gasteiger partial charge in [-0.05, 0) is 44.2 Å². The SMILES string of the molecule is Cc1cc(C)cc(-c2nnc(SCC(=O)c3cc(F)ccc3F)o2)c1. The number of carbonyl (C=O) groups excluding carboxylic acids is 1. The van der Waals surface area contributed by atoms with Crippen LogP contribution < -0.4 is 0 Å². The zero-order valence-electron chi connectivity index (χ0n) is 13.5. The number of halogens is 2. The summed E-state index contributed by atoms with van der Waals surface area (Å²) in [6, 6.07) is 8.64. The summed E-state index contributed by atoms with van der Waals surface area (Å²) >= 11 is 0.983. The Morgan fingerprint density at radius 1 is 1.08 bits per heavy atom. The molecule has 25 heavy (non-hydrogen) atoms. The third-order valence-electron chi connectivity index (χ3n) is 3.43. The van der Waals surface area contributed by atoms with Crippen LogP contribution in [0.5, 0.6) is 0 Å². The number of nitrogens with zero attached hydrogens (tertiary/aromatic N) is 2. The van der Waals surface area contributed by atoms with Gasteiger partial charge < -0.3 is 4.42 Å². The van der Waals surface area contributed by atoms with Gasteiger partial charge >= 0.3 is 0 Å². The quantitative estimate of drug-likeness (QED) is 0.491. The lowest BCUT2D eigenvalue weighted by atomic mass is 10.1. The van der Waals surface area contributed by atoms with Gasteiger partial charge in [0.1, 0.15) is 11.6 Å². The van der Waals surface area contributed by atoms with Crippen molar-refractivity contribution >= 4 is 17.5 Å². The molecule has 2 aromatic carbocycles. The minimum Gasteiger partial charge on any atom is -0.411 e. The molecule has 4 nitrogen and oxygen atoms in total. The lowest BCUT2D eigenvalue weighted by molar-refractivity contribution is 0.101. The molecule has 0 saturated carbocycles. The zero-order chi connectivity index (χ0) is 18.0. The molecule has 0 radical (unpaired) electrons. The molecule has 0 unspecified atom stereocenters. The van der Waals surface area contributed by atoms with Gasteiger partial charge in [0.15, 0.2) is 5.78 Å². The van der Waals surface area contributed by atoms with Crippen LogP contribution in [-0.2, 0) is 0 Å². The molecular formula is C18H14F2N2O2S. The molecule has 0 N–H and O–H groups in total. The summed E-state index contributed by atoms with van der Waals surface area (Å²) in [5.41, 5.74) is 2.64. The fraction of sp³-hybridized carbons (Fsp3) is 0.167. The number of carbonyl (C=O) groups is 1. The average Bonchev–Trinajstić information content (AvgIpc) is 3.03. The van der Waals surface area contributed by atoms with E-state index in [1.54, 1.807) is 0 Å². The van der Waals surface area contributed by atoms with Crippen LogP contribution in [-0.4, -0.2) is 21.7 Å². The second-order valence-electron chi connectivity index (χ2n) is 5.59. The molecule has 0 spiro atoms. The van der Waals surface area contributed by atoms with Gasteiger partial charge in [-0.2, -0.15) is 0 Å². The van der Waals surface area contributed by atoms with Crippen molar-refractivity contribution in [2.45, 2.75) is 19.1 Å². The van der Waals surface area contributed by atoms with Crippen molar-refractivity contribution in [3.63, 3.8) is 0 Å². The van der Waals surface area contributed by atoms with E-state index in [1.165, 1.54) is 0 Å². The molecule has 128 valence electrons. The summed E-state index contributed by atoms with van der Waals surface area (Å²) in [4.78, 5) is 12.0. The number of thioether (sulfide) groups is 1. The highest BCUT2D eigenvalue weighted by Crippen LogP contribution is 2.25. The monoisotopic (exact) mass is 360 g/mol. The third-order valence-corrected chi connectivity index (χ3v) is 4.25. The first-order chi connectivity index (χ1) is 11.9. The van der Waals surface area contributed by atoms with Crippen molar-refractivity contribution < 1.29 is 18.0 Å². The normalized spacial score (nSPS) is 10.9.